The number of piperazine rings is 1. The fraction of sp³-hybridized carbons (Fsp3) is 0.409. The van der Waals surface area contributed by atoms with E-state index in [-0.39, 0.29) is 18.1 Å². The van der Waals surface area contributed by atoms with E-state index in [9.17, 15) is 4.79 Å². The van der Waals surface area contributed by atoms with Gasteiger partial charge in [-0.2, -0.15) is 0 Å². The lowest BCUT2D eigenvalue weighted by molar-refractivity contribution is -0.00341. The second-order valence-corrected chi connectivity index (χ2v) is 7.45. The van der Waals surface area contributed by atoms with E-state index in [2.05, 4.69) is 73.0 Å². The zero-order chi connectivity index (χ0) is 18.1. The molecule has 2 N–H and O–H groups in total. The number of benzene rings is 2. The van der Waals surface area contributed by atoms with E-state index in [0.717, 1.165) is 26.1 Å². The van der Waals surface area contributed by atoms with E-state index in [0.29, 0.717) is 5.92 Å². The van der Waals surface area contributed by atoms with Gasteiger partial charge in [0.15, 0.2) is 0 Å². The molecule has 26 heavy (non-hydrogen) atoms. The molecule has 2 aromatic rings. The predicted molar refractivity (Wildman–Crippen MR) is 105 cm³/mol. The van der Waals surface area contributed by atoms with Crippen LogP contribution < -0.4 is 10.6 Å². The van der Waals surface area contributed by atoms with Crippen LogP contribution in [-0.4, -0.2) is 42.6 Å². The highest BCUT2D eigenvalue weighted by Crippen LogP contribution is 2.42. The summed E-state index contributed by atoms with van der Waals surface area (Å²) in [6, 6.07) is 18.1. The molecular formula is C22H27N3O. The highest BCUT2D eigenvalue weighted by atomic mass is 16.2. The van der Waals surface area contributed by atoms with Gasteiger partial charge in [-0.05, 0) is 30.0 Å². The van der Waals surface area contributed by atoms with Gasteiger partial charge >= 0.3 is 6.03 Å². The Morgan fingerprint density at radius 3 is 2.50 bits per heavy atom. The van der Waals surface area contributed by atoms with Crippen LogP contribution in [0.1, 0.15) is 30.4 Å². The van der Waals surface area contributed by atoms with Crippen LogP contribution in [0.2, 0.25) is 0 Å². The fourth-order valence-corrected chi connectivity index (χ4v) is 4.37. The fourth-order valence-electron chi connectivity index (χ4n) is 4.37. The molecule has 0 saturated carbocycles. The number of aryl methyl sites for hydroxylation is 1. The molecular weight excluding hydrogens is 322 g/mol. The Hall–Kier alpha value is -2.33. The molecule has 4 heteroatoms. The van der Waals surface area contributed by atoms with E-state index in [1.165, 1.54) is 22.3 Å². The third-order valence-corrected chi connectivity index (χ3v) is 5.66. The number of fused-ring (bicyclic) bond motifs is 2. The Bertz CT molecular complexity index is 774. The average molecular weight is 349 g/mol. The summed E-state index contributed by atoms with van der Waals surface area (Å²) < 4.78 is 0. The van der Waals surface area contributed by atoms with Gasteiger partial charge < -0.3 is 15.5 Å². The zero-order valence-electron chi connectivity index (χ0n) is 15.5. The van der Waals surface area contributed by atoms with E-state index in [1.54, 1.807) is 0 Å². The highest BCUT2D eigenvalue weighted by Gasteiger charge is 2.53. The molecule has 0 aromatic heterocycles. The van der Waals surface area contributed by atoms with Crippen LogP contribution in [0.5, 0.6) is 0 Å². The molecule has 0 radical (unpaired) electrons. The molecule has 2 amide bonds. The van der Waals surface area contributed by atoms with Gasteiger partial charge in [-0.25, -0.2) is 4.79 Å². The maximum atomic E-state index is 12.4. The molecule has 2 fully saturated rings. The Morgan fingerprint density at radius 2 is 1.85 bits per heavy atom. The van der Waals surface area contributed by atoms with Crippen molar-refractivity contribution < 1.29 is 4.79 Å². The van der Waals surface area contributed by atoms with Gasteiger partial charge in [0.2, 0.25) is 0 Å². The van der Waals surface area contributed by atoms with Gasteiger partial charge in [-0.15, -0.1) is 0 Å². The van der Waals surface area contributed by atoms with Crippen molar-refractivity contribution >= 4 is 6.03 Å². The minimum absolute atomic E-state index is 0.0935. The van der Waals surface area contributed by atoms with Crippen molar-refractivity contribution in [2.24, 2.45) is 0 Å². The number of piperidine rings is 1. The predicted octanol–water partition coefficient (Wildman–Crippen LogP) is 3.52. The smallest absolute Gasteiger partial charge is 0.318 e. The Kier molecular flexibility index (Phi) is 4.68. The molecule has 0 spiro atoms. The molecule has 2 heterocycles. The van der Waals surface area contributed by atoms with E-state index >= 15 is 0 Å². The number of urea groups is 1. The monoisotopic (exact) mass is 349 g/mol. The van der Waals surface area contributed by atoms with Gasteiger partial charge in [-0.1, -0.05) is 61.0 Å². The summed E-state index contributed by atoms with van der Waals surface area (Å²) in [6.07, 6.45) is 0.969. The van der Waals surface area contributed by atoms with Crippen LogP contribution in [0.3, 0.4) is 0 Å². The lowest BCUT2D eigenvalue weighted by Gasteiger charge is -2.59. The SMILES string of the molecule is CCCNC(=O)N1[C@@H]2CNC[C@H]1C2c1ccc(-c2cccc(C)c2)cc1. The number of hydrogen-bond donors (Lipinski definition) is 2. The average Bonchev–Trinajstić information content (AvgIpc) is 2.67. The maximum Gasteiger partial charge on any atom is 0.318 e. The van der Waals surface area contributed by atoms with Gasteiger partial charge in [0.1, 0.15) is 0 Å². The molecule has 2 saturated heterocycles. The zero-order valence-corrected chi connectivity index (χ0v) is 15.5. The van der Waals surface area contributed by atoms with Gasteiger partial charge in [0.05, 0.1) is 12.1 Å². The molecule has 1 unspecified atom stereocenters. The number of nitrogens with one attached hydrogen (secondary N) is 2. The summed E-state index contributed by atoms with van der Waals surface area (Å²) in [5.41, 5.74) is 5.13. The third-order valence-electron chi connectivity index (χ3n) is 5.66. The normalized spacial score (nSPS) is 24.1. The number of nitrogens with zero attached hydrogens (tertiary/aromatic N) is 1. The Morgan fingerprint density at radius 1 is 1.12 bits per heavy atom. The van der Waals surface area contributed by atoms with Crippen molar-refractivity contribution in [2.45, 2.75) is 38.3 Å². The van der Waals surface area contributed by atoms with E-state index < -0.39 is 0 Å². The Labute approximate surface area is 155 Å². The summed E-state index contributed by atoms with van der Waals surface area (Å²) in [6.45, 7) is 6.70. The molecule has 0 aliphatic carbocycles. The number of carbonyl (C=O) groups excluding carboxylic acids is 1. The molecule has 2 aliphatic rings. The van der Waals surface area contributed by atoms with Gasteiger partial charge in [-0.3, -0.25) is 0 Å². The van der Waals surface area contributed by atoms with E-state index in [4.69, 9.17) is 0 Å². The van der Waals surface area contributed by atoms with Crippen molar-refractivity contribution in [3.8, 4) is 11.1 Å². The maximum absolute atomic E-state index is 12.4. The van der Waals surface area contributed by atoms with Crippen LogP contribution >= 0.6 is 0 Å². The number of hydrogen-bond acceptors (Lipinski definition) is 2. The Balaban J connectivity index is 1.51. The molecule has 2 aliphatic heterocycles. The second-order valence-electron chi connectivity index (χ2n) is 7.45. The summed E-state index contributed by atoms with van der Waals surface area (Å²) >= 11 is 0. The minimum Gasteiger partial charge on any atom is -0.338 e. The first-order chi connectivity index (χ1) is 12.7. The first-order valence-corrected chi connectivity index (χ1v) is 9.63. The van der Waals surface area contributed by atoms with Crippen molar-refractivity contribution in [2.75, 3.05) is 19.6 Å². The molecule has 2 aromatic carbocycles. The third kappa shape index (κ3) is 2.99. The summed E-state index contributed by atoms with van der Waals surface area (Å²) in [7, 11) is 0. The molecule has 2 bridgehead atoms. The minimum atomic E-state index is 0.0935. The lowest BCUT2D eigenvalue weighted by Crippen LogP contribution is -2.75. The van der Waals surface area contributed by atoms with Gasteiger partial charge in [0.25, 0.3) is 0 Å². The summed E-state index contributed by atoms with van der Waals surface area (Å²) in [4.78, 5) is 14.5. The van der Waals surface area contributed by atoms with Crippen LogP contribution in [0.4, 0.5) is 4.79 Å². The number of carbonyl (C=O) groups is 1. The number of rotatable bonds is 4. The van der Waals surface area contributed by atoms with Crippen LogP contribution in [0.25, 0.3) is 11.1 Å². The highest BCUT2D eigenvalue weighted by molar-refractivity contribution is 5.77. The van der Waals surface area contributed by atoms with Crippen molar-refractivity contribution in [1.29, 1.82) is 0 Å². The second kappa shape index (κ2) is 7.12. The molecule has 136 valence electrons. The summed E-state index contributed by atoms with van der Waals surface area (Å²) in [5, 5.41) is 6.48. The van der Waals surface area contributed by atoms with Crippen molar-refractivity contribution in [3.63, 3.8) is 0 Å². The first kappa shape index (κ1) is 17.1. The van der Waals surface area contributed by atoms with Crippen LogP contribution in [0.15, 0.2) is 48.5 Å². The van der Waals surface area contributed by atoms with E-state index in [1.807, 2.05) is 4.90 Å². The molecule has 4 nitrogen and oxygen atoms in total. The van der Waals surface area contributed by atoms with Gasteiger partial charge in [0, 0.05) is 25.6 Å². The lowest BCUT2D eigenvalue weighted by atomic mass is 9.72. The molecule has 3 atom stereocenters. The standard InChI is InChI=1S/C22H27N3O/c1-3-11-24-22(26)25-19-13-23-14-20(25)21(19)17-9-7-16(8-10-17)18-6-4-5-15(2)12-18/h4-10,12,19-21,23H,3,11,13-14H2,1-2H3,(H,24,26)/t19-,20+,21?. The van der Waals surface area contributed by atoms with Crippen molar-refractivity contribution in [3.05, 3.63) is 59.7 Å². The quantitative estimate of drug-likeness (QED) is 0.887. The van der Waals surface area contributed by atoms with Crippen LogP contribution in [-0.2, 0) is 0 Å². The summed E-state index contributed by atoms with van der Waals surface area (Å²) in [5.74, 6) is 0.440. The van der Waals surface area contributed by atoms with Crippen molar-refractivity contribution in [1.82, 2.24) is 15.5 Å². The first-order valence-electron chi connectivity index (χ1n) is 9.63. The molecule has 4 rings (SSSR count). The topological polar surface area (TPSA) is 44.4 Å². The van der Waals surface area contributed by atoms with Crippen LogP contribution in [0, 0.1) is 6.92 Å². The largest absolute Gasteiger partial charge is 0.338 e. The number of amides is 2.